The number of nitrogens with one attached hydrogen (secondary N) is 4. The van der Waals surface area contributed by atoms with E-state index in [9.17, 15) is 0 Å². The molecule has 0 fully saturated rings. The molecule has 0 bridgehead atoms. The summed E-state index contributed by atoms with van der Waals surface area (Å²) in [5.41, 5.74) is 4.08. The van der Waals surface area contributed by atoms with Crippen molar-refractivity contribution in [2.24, 2.45) is 5.92 Å². The molecule has 160 valence electrons. The van der Waals surface area contributed by atoms with Crippen LogP contribution in [0.2, 0.25) is 0 Å². The second kappa shape index (κ2) is 9.79. The summed E-state index contributed by atoms with van der Waals surface area (Å²) in [4.78, 5) is 12.5. The Balaban J connectivity index is 1.28. The van der Waals surface area contributed by atoms with E-state index in [1.807, 2.05) is 6.07 Å². The zero-order chi connectivity index (χ0) is 20.9. The van der Waals surface area contributed by atoms with Crippen molar-refractivity contribution in [1.29, 1.82) is 0 Å². The molecule has 0 spiro atoms. The fourth-order valence-electron chi connectivity index (χ4n) is 4.07. The number of rotatable bonds is 9. The van der Waals surface area contributed by atoms with Gasteiger partial charge in [0.05, 0.1) is 5.52 Å². The van der Waals surface area contributed by atoms with Crippen LogP contribution < -0.4 is 16.0 Å². The molecule has 1 aliphatic carbocycles. The maximum Gasteiger partial charge on any atom is 0.224 e. The number of H-pyrrole nitrogens is 1. The van der Waals surface area contributed by atoms with Gasteiger partial charge in [0.1, 0.15) is 5.82 Å². The Kier molecular flexibility index (Phi) is 6.89. The lowest BCUT2D eigenvalue weighted by molar-refractivity contribution is 0.452. The van der Waals surface area contributed by atoms with Gasteiger partial charge in [-0.25, -0.2) is 4.98 Å². The summed E-state index contributed by atoms with van der Waals surface area (Å²) >= 11 is 3.69. The predicted molar refractivity (Wildman–Crippen MR) is 128 cm³/mol. The molecule has 1 unspecified atom stereocenters. The van der Waals surface area contributed by atoms with Gasteiger partial charge in [-0.3, -0.25) is 0 Å². The van der Waals surface area contributed by atoms with Crippen LogP contribution in [0.3, 0.4) is 0 Å². The monoisotopic (exact) mass is 470 g/mol. The molecule has 1 atom stereocenters. The lowest BCUT2D eigenvalue weighted by Crippen LogP contribution is -2.27. The van der Waals surface area contributed by atoms with Crippen LogP contribution >= 0.6 is 15.9 Å². The molecule has 0 aliphatic heterocycles. The Labute approximate surface area is 186 Å². The predicted octanol–water partition coefficient (Wildman–Crippen LogP) is 5.26. The minimum atomic E-state index is 0.402. The first kappa shape index (κ1) is 21.1. The first-order chi connectivity index (χ1) is 14.6. The van der Waals surface area contributed by atoms with Gasteiger partial charge in [0.2, 0.25) is 5.95 Å². The lowest BCUT2D eigenvalue weighted by Gasteiger charge is -2.24. The van der Waals surface area contributed by atoms with Gasteiger partial charge in [0.25, 0.3) is 0 Å². The molecule has 0 radical (unpaired) electrons. The van der Waals surface area contributed by atoms with Crippen LogP contribution in [-0.2, 0) is 6.42 Å². The van der Waals surface area contributed by atoms with Gasteiger partial charge in [-0.15, -0.1) is 0 Å². The normalized spacial score (nSPS) is 16.1. The van der Waals surface area contributed by atoms with E-state index < -0.39 is 0 Å². The number of halogens is 1. The van der Waals surface area contributed by atoms with Crippen LogP contribution in [0.5, 0.6) is 0 Å². The van der Waals surface area contributed by atoms with Crippen molar-refractivity contribution in [3.63, 3.8) is 0 Å². The van der Waals surface area contributed by atoms with Gasteiger partial charge in [0.15, 0.2) is 0 Å². The summed E-state index contributed by atoms with van der Waals surface area (Å²) in [6.07, 6.45) is 6.41. The average molecular weight is 471 g/mol. The van der Waals surface area contributed by atoms with Gasteiger partial charge in [0, 0.05) is 40.9 Å². The number of aryl methyl sites for hydroxylation is 1. The Morgan fingerprint density at radius 3 is 2.97 bits per heavy atom. The first-order valence-electron chi connectivity index (χ1n) is 10.9. The largest absolute Gasteiger partial charge is 0.370 e. The van der Waals surface area contributed by atoms with Crippen molar-refractivity contribution in [1.82, 2.24) is 20.3 Å². The zero-order valence-electron chi connectivity index (χ0n) is 17.8. The van der Waals surface area contributed by atoms with Gasteiger partial charge in [-0.05, 0) is 71.8 Å². The minimum absolute atomic E-state index is 0.402. The SMILES string of the molecule is CC(C)CNc1nccc(NCCCNC2CCCc3c2[nH]c2c(Br)cccc32)n1. The van der Waals surface area contributed by atoms with Gasteiger partial charge >= 0.3 is 0 Å². The van der Waals surface area contributed by atoms with Crippen molar-refractivity contribution < 1.29 is 0 Å². The third kappa shape index (κ3) is 4.95. The zero-order valence-corrected chi connectivity index (χ0v) is 19.3. The number of hydrogen-bond donors (Lipinski definition) is 4. The van der Waals surface area contributed by atoms with E-state index in [0.29, 0.717) is 17.9 Å². The summed E-state index contributed by atoms with van der Waals surface area (Å²) in [6.45, 7) is 7.07. The number of fused-ring (bicyclic) bond motifs is 3. The fraction of sp³-hybridized carbons (Fsp3) is 0.478. The van der Waals surface area contributed by atoms with E-state index in [1.165, 1.54) is 35.0 Å². The molecular weight excluding hydrogens is 440 g/mol. The molecular formula is C23H31BrN6. The van der Waals surface area contributed by atoms with Crippen molar-refractivity contribution >= 4 is 38.6 Å². The second-order valence-electron chi connectivity index (χ2n) is 8.40. The Hall–Kier alpha value is -2.12. The molecule has 4 N–H and O–H groups in total. The summed E-state index contributed by atoms with van der Waals surface area (Å²) in [6, 6.07) is 8.78. The third-order valence-corrected chi connectivity index (χ3v) is 6.23. The molecule has 1 aromatic carbocycles. The molecule has 7 heteroatoms. The van der Waals surface area contributed by atoms with Crippen LogP contribution in [-0.4, -0.2) is 34.6 Å². The number of aromatic nitrogens is 3. The minimum Gasteiger partial charge on any atom is -0.370 e. The van der Waals surface area contributed by atoms with E-state index in [0.717, 1.165) is 42.8 Å². The summed E-state index contributed by atoms with van der Waals surface area (Å²) in [7, 11) is 0. The lowest BCUT2D eigenvalue weighted by atomic mass is 9.91. The maximum atomic E-state index is 4.53. The van der Waals surface area contributed by atoms with Crippen LogP contribution in [0, 0.1) is 5.92 Å². The van der Waals surface area contributed by atoms with E-state index in [2.05, 4.69) is 78.9 Å². The smallest absolute Gasteiger partial charge is 0.224 e. The Morgan fingerprint density at radius 2 is 2.10 bits per heavy atom. The maximum absolute atomic E-state index is 4.53. The number of anilines is 2. The highest BCUT2D eigenvalue weighted by Crippen LogP contribution is 2.36. The van der Waals surface area contributed by atoms with E-state index in [-0.39, 0.29) is 0 Å². The first-order valence-corrected chi connectivity index (χ1v) is 11.7. The van der Waals surface area contributed by atoms with Gasteiger partial charge < -0.3 is 20.9 Å². The summed E-state index contributed by atoms with van der Waals surface area (Å²) in [5, 5.41) is 11.8. The summed E-state index contributed by atoms with van der Waals surface area (Å²) in [5.74, 6) is 2.12. The molecule has 2 heterocycles. The highest BCUT2D eigenvalue weighted by molar-refractivity contribution is 9.10. The number of para-hydroxylation sites is 1. The number of benzene rings is 1. The van der Waals surface area contributed by atoms with Gasteiger partial charge in [-0.2, -0.15) is 4.98 Å². The number of nitrogens with zero attached hydrogens (tertiary/aromatic N) is 2. The number of aromatic amines is 1. The van der Waals surface area contributed by atoms with Crippen molar-refractivity contribution in [2.75, 3.05) is 30.3 Å². The van der Waals surface area contributed by atoms with Crippen LogP contribution in [0.25, 0.3) is 10.9 Å². The highest BCUT2D eigenvalue weighted by Gasteiger charge is 2.24. The van der Waals surface area contributed by atoms with E-state index >= 15 is 0 Å². The Morgan fingerprint density at radius 1 is 1.20 bits per heavy atom. The van der Waals surface area contributed by atoms with E-state index in [4.69, 9.17) is 0 Å². The molecule has 6 nitrogen and oxygen atoms in total. The van der Waals surface area contributed by atoms with Crippen LogP contribution in [0.1, 0.15) is 50.4 Å². The number of hydrogen-bond acceptors (Lipinski definition) is 5. The molecule has 1 aliphatic rings. The third-order valence-electron chi connectivity index (χ3n) is 5.57. The molecule has 3 aromatic rings. The fourth-order valence-corrected chi connectivity index (χ4v) is 4.54. The second-order valence-corrected chi connectivity index (χ2v) is 9.25. The quantitative estimate of drug-likeness (QED) is 0.321. The Bertz CT molecular complexity index is 983. The standard InChI is InChI=1S/C23H31BrN6/c1-15(2)14-28-23-27-13-10-20(29-23)26-12-5-11-25-19-9-4-7-17-16-6-3-8-18(24)21(16)30-22(17)19/h3,6,8,10,13,15,19,25,30H,4-5,7,9,11-12,14H2,1-2H3,(H2,26,27,28,29). The molecule has 0 saturated heterocycles. The van der Waals surface area contributed by atoms with Crippen LogP contribution in [0.15, 0.2) is 34.9 Å². The highest BCUT2D eigenvalue weighted by atomic mass is 79.9. The van der Waals surface area contributed by atoms with Gasteiger partial charge in [-0.1, -0.05) is 26.0 Å². The molecule has 0 saturated carbocycles. The molecule has 0 amide bonds. The average Bonchev–Trinajstić information content (AvgIpc) is 3.13. The molecule has 2 aromatic heterocycles. The van der Waals surface area contributed by atoms with Crippen molar-refractivity contribution in [2.45, 2.75) is 45.6 Å². The summed E-state index contributed by atoms with van der Waals surface area (Å²) < 4.78 is 1.14. The van der Waals surface area contributed by atoms with E-state index in [1.54, 1.807) is 6.20 Å². The topological polar surface area (TPSA) is 77.7 Å². The molecule has 4 rings (SSSR count). The van der Waals surface area contributed by atoms with Crippen molar-refractivity contribution in [3.05, 3.63) is 46.2 Å². The molecule has 30 heavy (non-hydrogen) atoms. The van der Waals surface area contributed by atoms with Crippen LogP contribution in [0.4, 0.5) is 11.8 Å². The van der Waals surface area contributed by atoms with Crippen molar-refractivity contribution in [3.8, 4) is 0 Å².